The van der Waals surface area contributed by atoms with E-state index < -0.39 is 21.4 Å². The predicted molar refractivity (Wildman–Crippen MR) is 123 cm³/mol. The van der Waals surface area contributed by atoms with E-state index in [-0.39, 0.29) is 17.3 Å². The number of ether oxygens (including phenoxy) is 2. The molecule has 0 spiro atoms. The van der Waals surface area contributed by atoms with E-state index >= 15 is 0 Å². The molecule has 2 aromatic carbocycles. The lowest BCUT2D eigenvalue weighted by molar-refractivity contribution is -0.157. The maximum absolute atomic E-state index is 12.3. The summed E-state index contributed by atoms with van der Waals surface area (Å²) in [4.78, 5) is 12.1. The zero-order valence-electron chi connectivity index (χ0n) is 17.8. The molecule has 0 heterocycles. The first kappa shape index (κ1) is 25.1. The van der Waals surface area contributed by atoms with Crippen molar-refractivity contribution in [3.63, 3.8) is 0 Å². The molecule has 0 amide bonds. The number of carbonyl (C=O) groups is 1. The highest BCUT2D eigenvalue weighted by Gasteiger charge is 2.17. The van der Waals surface area contributed by atoms with Gasteiger partial charge in [-0.05, 0) is 63.6 Å². The Labute approximate surface area is 193 Å². The van der Waals surface area contributed by atoms with E-state index in [0.717, 1.165) is 0 Å². The van der Waals surface area contributed by atoms with Gasteiger partial charge in [-0.3, -0.25) is 0 Å². The quantitative estimate of drug-likeness (QED) is 0.412. The summed E-state index contributed by atoms with van der Waals surface area (Å²) in [6.07, 6.45) is 0.507. The molecule has 0 unspecified atom stereocenters. The molecule has 2 rings (SSSR count). The van der Waals surface area contributed by atoms with Crippen molar-refractivity contribution in [1.82, 2.24) is 0 Å². The van der Waals surface area contributed by atoms with Crippen molar-refractivity contribution in [3.05, 3.63) is 57.6 Å². The molecule has 0 atom stereocenters. The van der Waals surface area contributed by atoms with Crippen molar-refractivity contribution in [2.45, 2.75) is 44.6 Å². The lowest BCUT2D eigenvalue weighted by Crippen LogP contribution is -2.27. The Morgan fingerprint density at radius 3 is 2.35 bits per heavy atom. The molecule has 0 bridgehead atoms. The van der Waals surface area contributed by atoms with Crippen LogP contribution in [0, 0.1) is 11.8 Å². The maximum atomic E-state index is 12.3. The fraction of sp³-hybridized carbons (Fsp3) is 0.348. The minimum absolute atomic E-state index is 0.0401. The average molecular weight is 483 g/mol. The standard InChI is InChI=1S/C23H24Cl2O5S/c1-5-12-31(27,28)19-9-10-20(25)16(14-19)6-7-17-13-18(24)8-11-21(17)29-15-22(26)30-23(2,3)4/h8-11,13-14H,5,12,15H2,1-4H3. The molecule has 0 saturated carbocycles. The molecule has 166 valence electrons. The van der Waals surface area contributed by atoms with Crippen LogP contribution in [0.3, 0.4) is 0 Å². The van der Waals surface area contributed by atoms with Crippen LogP contribution in [0.25, 0.3) is 0 Å². The summed E-state index contributed by atoms with van der Waals surface area (Å²) >= 11 is 12.3. The van der Waals surface area contributed by atoms with Gasteiger partial charge in [0.25, 0.3) is 0 Å². The van der Waals surface area contributed by atoms with Gasteiger partial charge in [-0.25, -0.2) is 13.2 Å². The molecule has 0 aromatic heterocycles. The molecule has 0 aliphatic heterocycles. The number of benzene rings is 2. The highest BCUT2D eigenvalue weighted by molar-refractivity contribution is 7.91. The normalized spacial score (nSPS) is 11.4. The van der Waals surface area contributed by atoms with Gasteiger partial charge in [0.2, 0.25) is 0 Å². The van der Waals surface area contributed by atoms with Crippen molar-refractivity contribution < 1.29 is 22.7 Å². The zero-order valence-corrected chi connectivity index (χ0v) is 20.1. The van der Waals surface area contributed by atoms with Crippen molar-refractivity contribution in [3.8, 4) is 17.6 Å². The lowest BCUT2D eigenvalue weighted by atomic mass is 10.1. The summed E-state index contributed by atoms with van der Waals surface area (Å²) in [7, 11) is -3.40. The number of esters is 1. The monoisotopic (exact) mass is 482 g/mol. The van der Waals surface area contributed by atoms with Crippen LogP contribution in [0.15, 0.2) is 41.3 Å². The van der Waals surface area contributed by atoms with Crippen LogP contribution >= 0.6 is 23.2 Å². The third kappa shape index (κ3) is 7.77. The van der Waals surface area contributed by atoms with Gasteiger partial charge in [-0.2, -0.15) is 0 Å². The van der Waals surface area contributed by atoms with E-state index in [1.54, 1.807) is 45.9 Å². The number of carbonyl (C=O) groups excluding carboxylic acids is 1. The first-order chi connectivity index (χ1) is 14.4. The SMILES string of the molecule is CCCS(=O)(=O)c1ccc(Cl)c(C#Cc2cc(Cl)ccc2OCC(=O)OC(C)(C)C)c1. The van der Waals surface area contributed by atoms with Crippen LogP contribution in [-0.4, -0.2) is 32.3 Å². The van der Waals surface area contributed by atoms with Gasteiger partial charge in [0.15, 0.2) is 16.4 Å². The molecule has 0 aliphatic rings. The van der Waals surface area contributed by atoms with E-state index in [2.05, 4.69) is 11.8 Å². The van der Waals surface area contributed by atoms with Gasteiger partial charge < -0.3 is 9.47 Å². The average Bonchev–Trinajstić information content (AvgIpc) is 2.65. The molecule has 5 nitrogen and oxygen atoms in total. The van der Waals surface area contributed by atoms with Crippen LogP contribution in [-0.2, 0) is 19.4 Å². The van der Waals surface area contributed by atoms with Gasteiger partial charge >= 0.3 is 5.97 Å². The van der Waals surface area contributed by atoms with Gasteiger partial charge in [0, 0.05) is 10.6 Å². The van der Waals surface area contributed by atoms with Crippen molar-refractivity contribution in [1.29, 1.82) is 0 Å². The Kier molecular flexibility index (Phi) is 8.41. The van der Waals surface area contributed by atoms with Crippen LogP contribution in [0.5, 0.6) is 5.75 Å². The molecule has 0 fully saturated rings. The number of hydrogen-bond donors (Lipinski definition) is 0. The molecular formula is C23H24Cl2O5S. The number of sulfone groups is 1. The number of halogens is 2. The molecule has 0 saturated heterocycles. The Bertz CT molecular complexity index is 1120. The fourth-order valence-corrected chi connectivity index (χ4v) is 4.23. The predicted octanol–water partition coefficient (Wildman–Crippen LogP) is 5.30. The van der Waals surface area contributed by atoms with Crippen LogP contribution in [0.2, 0.25) is 10.0 Å². The van der Waals surface area contributed by atoms with Crippen LogP contribution in [0.1, 0.15) is 45.2 Å². The third-order valence-corrected chi connectivity index (χ3v) is 6.29. The van der Waals surface area contributed by atoms with E-state index in [0.29, 0.717) is 33.3 Å². The lowest BCUT2D eigenvalue weighted by Gasteiger charge is -2.19. The molecule has 2 aromatic rings. The Hall–Kier alpha value is -2.20. The van der Waals surface area contributed by atoms with Crippen LogP contribution < -0.4 is 4.74 Å². The Morgan fingerprint density at radius 2 is 1.71 bits per heavy atom. The summed E-state index contributed by atoms with van der Waals surface area (Å²) in [6.45, 7) is 6.80. The van der Waals surface area contributed by atoms with Crippen molar-refractivity contribution >= 4 is 39.0 Å². The number of rotatable bonds is 6. The van der Waals surface area contributed by atoms with E-state index in [1.165, 1.54) is 18.2 Å². The second-order valence-corrected chi connectivity index (χ2v) is 10.7. The van der Waals surface area contributed by atoms with E-state index in [9.17, 15) is 13.2 Å². The first-order valence-electron chi connectivity index (χ1n) is 9.60. The summed E-state index contributed by atoms with van der Waals surface area (Å²) in [6, 6.07) is 9.22. The smallest absolute Gasteiger partial charge is 0.344 e. The molecule has 0 N–H and O–H groups in total. The topological polar surface area (TPSA) is 69.7 Å². The van der Waals surface area contributed by atoms with Gasteiger partial charge in [0.1, 0.15) is 11.4 Å². The second kappa shape index (κ2) is 10.4. The Balaban J connectivity index is 2.32. The summed E-state index contributed by atoms with van der Waals surface area (Å²) in [5.41, 5.74) is 0.161. The second-order valence-electron chi connectivity index (χ2n) is 7.73. The molecular weight excluding hydrogens is 459 g/mol. The van der Waals surface area contributed by atoms with Gasteiger partial charge in [-0.1, -0.05) is 42.0 Å². The molecule has 0 radical (unpaired) electrons. The third-order valence-electron chi connectivity index (χ3n) is 3.81. The minimum atomic E-state index is -3.40. The maximum Gasteiger partial charge on any atom is 0.344 e. The Morgan fingerprint density at radius 1 is 1.03 bits per heavy atom. The molecule has 31 heavy (non-hydrogen) atoms. The fourth-order valence-electron chi connectivity index (χ4n) is 2.55. The van der Waals surface area contributed by atoms with Crippen LogP contribution in [0.4, 0.5) is 0 Å². The highest BCUT2D eigenvalue weighted by atomic mass is 35.5. The van der Waals surface area contributed by atoms with Gasteiger partial charge in [-0.15, -0.1) is 0 Å². The van der Waals surface area contributed by atoms with E-state index in [1.807, 2.05) is 0 Å². The minimum Gasteiger partial charge on any atom is -0.481 e. The summed E-state index contributed by atoms with van der Waals surface area (Å²) in [5, 5.41) is 0.750. The van der Waals surface area contributed by atoms with Crippen molar-refractivity contribution in [2.75, 3.05) is 12.4 Å². The molecule has 0 aliphatic carbocycles. The van der Waals surface area contributed by atoms with Gasteiger partial charge in [0.05, 0.1) is 21.2 Å². The highest BCUT2D eigenvalue weighted by Crippen LogP contribution is 2.24. The summed E-state index contributed by atoms with van der Waals surface area (Å²) in [5.74, 6) is 5.65. The number of hydrogen-bond acceptors (Lipinski definition) is 5. The first-order valence-corrected chi connectivity index (χ1v) is 12.0. The molecule has 8 heteroatoms. The van der Waals surface area contributed by atoms with Crippen molar-refractivity contribution in [2.24, 2.45) is 0 Å². The zero-order chi connectivity index (χ0) is 23.2. The summed E-state index contributed by atoms with van der Waals surface area (Å²) < 4.78 is 35.5. The largest absolute Gasteiger partial charge is 0.481 e. The van der Waals surface area contributed by atoms with E-state index in [4.69, 9.17) is 32.7 Å².